The molecule has 0 bridgehead atoms. The van der Waals surface area contributed by atoms with Crippen LogP contribution in [-0.4, -0.2) is 50.3 Å². The molecule has 1 aliphatic heterocycles. The molecule has 7 heteroatoms. The van der Waals surface area contributed by atoms with Crippen molar-refractivity contribution in [1.82, 2.24) is 24.6 Å². The summed E-state index contributed by atoms with van der Waals surface area (Å²) >= 11 is 0. The predicted octanol–water partition coefficient (Wildman–Crippen LogP) is 1.86. The Kier molecular flexibility index (Phi) is 4.48. The van der Waals surface area contributed by atoms with E-state index < -0.39 is 0 Å². The van der Waals surface area contributed by atoms with E-state index in [9.17, 15) is 4.79 Å². The maximum Gasteiger partial charge on any atom is 0.273 e. The maximum absolute atomic E-state index is 13.0. The number of fused-ring (bicyclic) bond motifs is 1. The van der Waals surface area contributed by atoms with Crippen molar-refractivity contribution in [2.75, 3.05) is 19.8 Å². The number of carbonyl (C=O) groups is 1. The minimum absolute atomic E-state index is 0.0723. The molecule has 132 valence electrons. The van der Waals surface area contributed by atoms with Crippen molar-refractivity contribution < 1.29 is 9.53 Å². The first-order chi connectivity index (χ1) is 12.3. The van der Waals surface area contributed by atoms with Crippen LogP contribution in [0.3, 0.4) is 0 Å². The van der Waals surface area contributed by atoms with Gasteiger partial charge in [0.15, 0.2) is 0 Å². The smallest absolute Gasteiger partial charge is 0.273 e. The first kappa shape index (κ1) is 16.2. The lowest BCUT2D eigenvalue weighted by atomic mass is 9.99. The van der Waals surface area contributed by atoms with E-state index in [1.807, 2.05) is 18.0 Å². The average molecular weight is 341 g/mol. The normalized spacial score (nSPS) is 19.7. The monoisotopic (exact) mass is 341 g/mol. The second kappa shape index (κ2) is 6.92. The minimum Gasteiger partial charge on any atom is -0.379 e. The van der Waals surface area contributed by atoms with Crippen molar-refractivity contribution in [3.63, 3.8) is 0 Å². The molecule has 2 aliphatic rings. The number of amides is 1. The van der Waals surface area contributed by atoms with E-state index in [4.69, 9.17) is 4.74 Å². The standard InChI is InChI=1S/C18H23N5O2/c1-2-25-11-16-17-14(9-21-23(17)10-13-3-4-13)6-8-22(16)18(24)15-5-7-19-12-20-15/h5,7,9,12-13,16H,2-4,6,8,10-11H2,1H3. The van der Waals surface area contributed by atoms with Crippen LogP contribution in [-0.2, 0) is 17.7 Å². The minimum atomic E-state index is -0.118. The van der Waals surface area contributed by atoms with Crippen molar-refractivity contribution in [2.24, 2.45) is 5.92 Å². The van der Waals surface area contributed by atoms with Crippen molar-refractivity contribution >= 4 is 5.91 Å². The fraction of sp³-hybridized carbons (Fsp3) is 0.556. The van der Waals surface area contributed by atoms with Gasteiger partial charge < -0.3 is 9.64 Å². The molecule has 0 spiro atoms. The van der Waals surface area contributed by atoms with Gasteiger partial charge in [0, 0.05) is 25.9 Å². The quantitative estimate of drug-likeness (QED) is 0.802. The van der Waals surface area contributed by atoms with E-state index in [-0.39, 0.29) is 11.9 Å². The van der Waals surface area contributed by atoms with E-state index in [1.54, 1.807) is 12.3 Å². The Morgan fingerprint density at radius 2 is 2.28 bits per heavy atom. The summed E-state index contributed by atoms with van der Waals surface area (Å²) in [5.74, 6) is 0.654. The van der Waals surface area contributed by atoms with Crippen LogP contribution in [0.2, 0.25) is 0 Å². The molecule has 1 atom stereocenters. The van der Waals surface area contributed by atoms with Gasteiger partial charge in [0.1, 0.15) is 12.0 Å². The molecule has 25 heavy (non-hydrogen) atoms. The Bertz CT molecular complexity index is 741. The zero-order valence-corrected chi connectivity index (χ0v) is 14.5. The number of hydrogen-bond acceptors (Lipinski definition) is 5. The summed E-state index contributed by atoms with van der Waals surface area (Å²) in [4.78, 5) is 22.9. The van der Waals surface area contributed by atoms with Crippen LogP contribution in [0.15, 0.2) is 24.8 Å². The third-order valence-electron chi connectivity index (χ3n) is 4.94. The molecule has 3 heterocycles. The summed E-state index contributed by atoms with van der Waals surface area (Å²) in [5, 5.41) is 4.60. The van der Waals surface area contributed by atoms with E-state index in [1.165, 1.54) is 24.7 Å². The first-order valence-corrected chi connectivity index (χ1v) is 8.97. The molecular weight excluding hydrogens is 318 g/mol. The topological polar surface area (TPSA) is 73.1 Å². The molecule has 2 aromatic rings. The van der Waals surface area contributed by atoms with Crippen LogP contribution in [0.5, 0.6) is 0 Å². The third kappa shape index (κ3) is 3.28. The predicted molar refractivity (Wildman–Crippen MR) is 91.0 cm³/mol. The number of nitrogens with zero attached hydrogens (tertiary/aromatic N) is 5. The summed E-state index contributed by atoms with van der Waals surface area (Å²) in [6.45, 7) is 4.67. The molecule has 0 N–H and O–H groups in total. The van der Waals surface area contributed by atoms with Gasteiger partial charge in [0.25, 0.3) is 5.91 Å². The molecule has 0 aromatic carbocycles. The lowest BCUT2D eigenvalue weighted by molar-refractivity contribution is 0.0393. The van der Waals surface area contributed by atoms with Gasteiger partial charge in [-0.1, -0.05) is 0 Å². The second-order valence-corrected chi connectivity index (χ2v) is 6.70. The van der Waals surface area contributed by atoms with Crippen molar-refractivity contribution in [3.05, 3.63) is 41.7 Å². The Morgan fingerprint density at radius 1 is 1.40 bits per heavy atom. The SMILES string of the molecule is CCOCC1c2c(cnn2CC2CC2)CCN1C(=O)c1ccncn1. The van der Waals surface area contributed by atoms with Gasteiger partial charge in [-0.05, 0) is 43.7 Å². The number of carbonyl (C=O) groups excluding carboxylic acids is 1. The Balaban J connectivity index is 1.65. The summed E-state index contributed by atoms with van der Waals surface area (Å²) in [7, 11) is 0. The van der Waals surface area contributed by atoms with E-state index >= 15 is 0 Å². The van der Waals surface area contributed by atoms with Gasteiger partial charge in [-0.3, -0.25) is 9.48 Å². The highest BCUT2D eigenvalue weighted by atomic mass is 16.5. The molecule has 1 amide bonds. The number of hydrogen-bond donors (Lipinski definition) is 0. The molecule has 1 saturated carbocycles. The van der Waals surface area contributed by atoms with Gasteiger partial charge in [-0.25, -0.2) is 9.97 Å². The van der Waals surface area contributed by atoms with E-state index in [2.05, 4.69) is 19.7 Å². The Hall–Kier alpha value is -2.28. The van der Waals surface area contributed by atoms with E-state index in [0.29, 0.717) is 25.5 Å². The van der Waals surface area contributed by atoms with Crippen molar-refractivity contribution in [1.29, 1.82) is 0 Å². The summed E-state index contributed by atoms with van der Waals surface area (Å²) in [5.41, 5.74) is 2.79. The van der Waals surface area contributed by atoms with Crippen LogP contribution in [0, 0.1) is 5.92 Å². The molecule has 2 aromatic heterocycles. The fourth-order valence-electron chi connectivity index (χ4n) is 3.45. The van der Waals surface area contributed by atoms with Crippen LogP contribution in [0.1, 0.15) is 47.6 Å². The van der Waals surface area contributed by atoms with Gasteiger partial charge in [-0.15, -0.1) is 0 Å². The third-order valence-corrected chi connectivity index (χ3v) is 4.94. The largest absolute Gasteiger partial charge is 0.379 e. The molecular formula is C18H23N5O2. The molecule has 0 radical (unpaired) electrons. The van der Waals surface area contributed by atoms with Gasteiger partial charge in [0.2, 0.25) is 0 Å². The highest BCUT2D eigenvalue weighted by Crippen LogP contribution is 2.35. The number of rotatable bonds is 6. The zero-order valence-electron chi connectivity index (χ0n) is 14.5. The summed E-state index contributed by atoms with van der Waals surface area (Å²) < 4.78 is 7.82. The van der Waals surface area contributed by atoms with Crippen LogP contribution in [0.4, 0.5) is 0 Å². The molecule has 7 nitrogen and oxygen atoms in total. The second-order valence-electron chi connectivity index (χ2n) is 6.70. The van der Waals surface area contributed by atoms with Crippen LogP contribution >= 0.6 is 0 Å². The lowest BCUT2D eigenvalue weighted by Crippen LogP contribution is -2.43. The maximum atomic E-state index is 13.0. The van der Waals surface area contributed by atoms with Crippen molar-refractivity contribution in [2.45, 2.75) is 38.8 Å². The Morgan fingerprint density at radius 3 is 3.00 bits per heavy atom. The fourth-order valence-corrected chi connectivity index (χ4v) is 3.45. The average Bonchev–Trinajstić information content (AvgIpc) is 3.38. The summed E-state index contributed by atoms with van der Waals surface area (Å²) in [6.07, 6.45) is 8.34. The lowest BCUT2D eigenvalue weighted by Gasteiger charge is -2.36. The molecule has 0 saturated heterocycles. The number of ether oxygens (including phenoxy) is 1. The van der Waals surface area contributed by atoms with Crippen LogP contribution < -0.4 is 0 Å². The molecule has 1 unspecified atom stereocenters. The molecule has 4 rings (SSSR count). The van der Waals surface area contributed by atoms with Gasteiger partial charge in [0.05, 0.1) is 24.5 Å². The Labute approximate surface area is 147 Å². The van der Waals surface area contributed by atoms with Crippen molar-refractivity contribution in [3.8, 4) is 0 Å². The van der Waals surface area contributed by atoms with Crippen LogP contribution in [0.25, 0.3) is 0 Å². The highest BCUT2D eigenvalue weighted by molar-refractivity contribution is 5.92. The zero-order chi connectivity index (χ0) is 17.2. The van der Waals surface area contributed by atoms with Gasteiger partial charge >= 0.3 is 0 Å². The van der Waals surface area contributed by atoms with Gasteiger partial charge in [-0.2, -0.15) is 5.10 Å². The summed E-state index contributed by atoms with van der Waals surface area (Å²) in [6, 6.07) is 1.55. The van der Waals surface area contributed by atoms with E-state index in [0.717, 1.165) is 24.6 Å². The number of aromatic nitrogens is 4. The first-order valence-electron chi connectivity index (χ1n) is 8.97. The highest BCUT2D eigenvalue weighted by Gasteiger charge is 2.36. The molecule has 1 aliphatic carbocycles. The molecule has 1 fully saturated rings.